The van der Waals surface area contributed by atoms with E-state index in [0.717, 1.165) is 6.42 Å². The molecule has 1 unspecified atom stereocenters. The van der Waals surface area contributed by atoms with E-state index in [1.807, 2.05) is 13.8 Å². The van der Waals surface area contributed by atoms with E-state index in [1.54, 1.807) is 6.07 Å². The van der Waals surface area contributed by atoms with Crippen molar-refractivity contribution < 1.29 is 13.2 Å². The topological polar surface area (TPSA) is 55.1 Å². The average molecular weight is 259 g/mol. The maximum atomic E-state index is 12.6. The molecule has 0 saturated carbocycles. The second-order valence-electron chi connectivity index (χ2n) is 3.96. The highest BCUT2D eigenvalue weighted by Gasteiger charge is 2.37. The molecule has 5 nitrogen and oxygen atoms in total. The summed E-state index contributed by atoms with van der Waals surface area (Å²) in [5, 5.41) is 13.4. The van der Waals surface area contributed by atoms with Crippen molar-refractivity contribution >= 4 is 11.5 Å². The van der Waals surface area contributed by atoms with Gasteiger partial charge in [0.1, 0.15) is 5.82 Å². The summed E-state index contributed by atoms with van der Waals surface area (Å²) in [6, 6.07) is 3.15. The lowest BCUT2D eigenvalue weighted by atomic mass is 10.2. The molecule has 1 N–H and O–H groups in total. The number of alkyl halides is 3. The SMILES string of the molecule is CCC(C)Nc1ccc2nnc(C(F)(F)F)n2n1. The van der Waals surface area contributed by atoms with Crippen LogP contribution in [0.4, 0.5) is 19.0 Å². The minimum atomic E-state index is -4.57. The van der Waals surface area contributed by atoms with Crippen LogP contribution in [-0.4, -0.2) is 25.9 Å². The molecule has 0 amide bonds. The summed E-state index contributed by atoms with van der Waals surface area (Å²) < 4.78 is 38.6. The molecule has 1 atom stereocenters. The Hall–Kier alpha value is -1.86. The zero-order valence-corrected chi connectivity index (χ0v) is 9.86. The van der Waals surface area contributed by atoms with Crippen molar-refractivity contribution in [3.8, 4) is 0 Å². The van der Waals surface area contributed by atoms with Crippen LogP contribution in [0.2, 0.25) is 0 Å². The summed E-state index contributed by atoms with van der Waals surface area (Å²) in [6.45, 7) is 3.89. The highest BCUT2D eigenvalue weighted by atomic mass is 19.4. The van der Waals surface area contributed by atoms with Gasteiger partial charge in [-0.15, -0.1) is 15.3 Å². The highest BCUT2D eigenvalue weighted by molar-refractivity contribution is 5.44. The minimum Gasteiger partial charge on any atom is -0.366 e. The van der Waals surface area contributed by atoms with Gasteiger partial charge in [0, 0.05) is 6.04 Å². The Balaban J connectivity index is 2.43. The van der Waals surface area contributed by atoms with Crippen LogP contribution in [0.1, 0.15) is 26.1 Å². The van der Waals surface area contributed by atoms with Crippen LogP contribution in [0.25, 0.3) is 5.65 Å². The normalized spacial score (nSPS) is 13.8. The fourth-order valence-corrected chi connectivity index (χ4v) is 1.40. The maximum absolute atomic E-state index is 12.6. The molecule has 0 radical (unpaired) electrons. The third kappa shape index (κ3) is 2.36. The van der Waals surface area contributed by atoms with Gasteiger partial charge < -0.3 is 5.32 Å². The molecule has 2 rings (SSSR count). The Kier molecular flexibility index (Phi) is 3.10. The maximum Gasteiger partial charge on any atom is 0.453 e. The smallest absolute Gasteiger partial charge is 0.366 e. The van der Waals surface area contributed by atoms with Gasteiger partial charge >= 0.3 is 6.18 Å². The first-order valence-corrected chi connectivity index (χ1v) is 5.48. The van der Waals surface area contributed by atoms with E-state index in [9.17, 15) is 13.2 Å². The van der Waals surface area contributed by atoms with Gasteiger partial charge in [-0.2, -0.15) is 17.7 Å². The lowest BCUT2D eigenvalue weighted by Crippen LogP contribution is -2.17. The molecule has 2 aromatic heterocycles. The Labute approximate surface area is 101 Å². The van der Waals surface area contributed by atoms with E-state index >= 15 is 0 Å². The van der Waals surface area contributed by atoms with Gasteiger partial charge in [0.2, 0.25) is 0 Å². The molecule has 2 heterocycles. The average Bonchev–Trinajstić information content (AvgIpc) is 2.71. The Morgan fingerprint density at radius 1 is 1.33 bits per heavy atom. The second-order valence-corrected chi connectivity index (χ2v) is 3.96. The molecule has 0 aliphatic heterocycles. The quantitative estimate of drug-likeness (QED) is 0.919. The van der Waals surface area contributed by atoms with Gasteiger partial charge in [-0.25, -0.2) is 0 Å². The third-order valence-corrected chi connectivity index (χ3v) is 2.52. The van der Waals surface area contributed by atoms with Crippen LogP contribution in [0.3, 0.4) is 0 Å². The number of fused-ring (bicyclic) bond motifs is 1. The monoisotopic (exact) mass is 259 g/mol. The van der Waals surface area contributed by atoms with Crippen molar-refractivity contribution in [1.82, 2.24) is 19.8 Å². The number of halogens is 3. The van der Waals surface area contributed by atoms with Gasteiger partial charge in [0.25, 0.3) is 5.82 Å². The minimum absolute atomic E-state index is 0.0667. The summed E-state index contributed by atoms with van der Waals surface area (Å²) in [5.74, 6) is -0.757. The van der Waals surface area contributed by atoms with E-state index in [-0.39, 0.29) is 11.7 Å². The molecular formula is C10H12F3N5. The molecule has 98 valence electrons. The van der Waals surface area contributed by atoms with Crippen molar-refractivity contribution in [3.63, 3.8) is 0 Å². The molecule has 0 fully saturated rings. The number of nitrogens with one attached hydrogen (secondary N) is 1. The van der Waals surface area contributed by atoms with E-state index in [1.165, 1.54) is 6.07 Å². The molecule has 0 spiro atoms. The number of nitrogens with zero attached hydrogens (tertiary/aromatic N) is 4. The lowest BCUT2D eigenvalue weighted by Gasteiger charge is -2.12. The van der Waals surface area contributed by atoms with Crippen molar-refractivity contribution in [3.05, 3.63) is 18.0 Å². The Bertz CT molecular complexity index is 548. The molecule has 0 aromatic carbocycles. The summed E-state index contributed by atoms with van der Waals surface area (Å²) in [5.41, 5.74) is 0.0667. The number of rotatable bonds is 3. The standard InChI is InChI=1S/C10H12F3N5/c1-3-6(2)14-7-4-5-8-15-16-9(10(11,12)13)18(8)17-7/h4-6H,3H2,1-2H3,(H,14,17). The molecule has 2 aromatic rings. The fourth-order valence-electron chi connectivity index (χ4n) is 1.40. The third-order valence-electron chi connectivity index (χ3n) is 2.52. The molecule has 18 heavy (non-hydrogen) atoms. The number of hydrogen-bond donors (Lipinski definition) is 1. The first-order valence-electron chi connectivity index (χ1n) is 5.48. The molecule has 0 saturated heterocycles. The van der Waals surface area contributed by atoms with Crippen molar-refractivity contribution in [1.29, 1.82) is 0 Å². The van der Waals surface area contributed by atoms with Crippen molar-refractivity contribution in [2.45, 2.75) is 32.5 Å². The van der Waals surface area contributed by atoms with Crippen LogP contribution in [-0.2, 0) is 6.18 Å². The lowest BCUT2D eigenvalue weighted by molar-refractivity contribution is -0.146. The van der Waals surface area contributed by atoms with Gasteiger partial charge in [0.05, 0.1) is 0 Å². The van der Waals surface area contributed by atoms with Crippen molar-refractivity contribution in [2.24, 2.45) is 0 Å². The molecule has 8 heteroatoms. The zero-order chi connectivity index (χ0) is 13.3. The van der Waals surface area contributed by atoms with E-state index in [2.05, 4.69) is 20.6 Å². The second kappa shape index (κ2) is 4.43. The van der Waals surface area contributed by atoms with Crippen molar-refractivity contribution in [2.75, 3.05) is 5.32 Å². The summed E-state index contributed by atoms with van der Waals surface area (Å²) in [6.07, 6.45) is -3.73. The van der Waals surface area contributed by atoms with E-state index < -0.39 is 12.0 Å². The Morgan fingerprint density at radius 3 is 2.67 bits per heavy atom. The van der Waals surface area contributed by atoms with Gasteiger partial charge in [-0.1, -0.05) is 6.92 Å². The predicted molar refractivity (Wildman–Crippen MR) is 59.2 cm³/mol. The fraction of sp³-hybridized carbons (Fsp3) is 0.500. The van der Waals surface area contributed by atoms with Crippen LogP contribution in [0.15, 0.2) is 12.1 Å². The summed E-state index contributed by atoms with van der Waals surface area (Å²) in [4.78, 5) is 0. The number of aromatic nitrogens is 4. The zero-order valence-electron chi connectivity index (χ0n) is 9.86. The largest absolute Gasteiger partial charge is 0.453 e. The first-order chi connectivity index (χ1) is 8.41. The van der Waals surface area contributed by atoms with Crippen LogP contribution in [0.5, 0.6) is 0 Å². The summed E-state index contributed by atoms with van der Waals surface area (Å²) in [7, 11) is 0. The molecule has 0 aliphatic rings. The molecule has 0 bridgehead atoms. The predicted octanol–water partition coefficient (Wildman–Crippen LogP) is 2.35. The van der Waals surface area contributed by atoms with Gasteiger partial charge in [-0.05, 0) is 25.5 Å². The molecular weight excluding hydrogens is 247 g/mol. The number of anilines is 1. The Morgan fingerprint density at radius 2 is 2.06 bits per heavy atom. The molecule has 0 aliphatic carbocycles. The number of hydrogen-bond acceptors (Lipinski definition) is 4. The van der Waals surface area contributed by atoms with Gasteiger partial charge in [-0.3, -0.25) is 0 Å². The van der Waals surface area contributed by atoms with Crippen LogP contribution >= 0.6 is 0 Å². The van der Waals surface area contributed by atoms with Gasteiger partial charge in [0.15, 0.2) is 5.65 Å². The first kappa shape index (κ1) is 12.6. The van der Waals surface area contributed by atoms with Crippen LogP contribution < -0.4 is 5.32 Å². The van der Waals surface area contributed by atoms with Crippen LogP contribution in [0, 0.1) is 0 Å². The van der Waals surface area contributed by atoms with E-state index in [4.69, 9.17) is 0 Å². The van der Waals surface area contributed by atoms with E-state index in [0.29, 0.717) is 10.3 Å². The highest BCUT2D eigenvalue weighted by Crippen LogP contribution is 2.27. The summed E-state index contributed by atoms with van der Waals surface area (Å²) >= 11 is 0.